The van der Waals surface area contributed by atoms with Gasteiger partial charge < -0.3 is 15.4 Å². The highest BCUT2D eigenvalue weighted by Gasteiger charge is 2.23. The van der Waals surface area contributed by atoms with Gasteiger partial charge in [0.15, 0.2) is 0 Å². The Morgan fingerprint density at radius 2 is 2.24 bits per heavy atom. The second-order valence-corrected chi connectivity index (χ2v) is 7.47. The van der Waals surface area contributed by atoms with Crippen LogP contribution in [-0.2, 0) is 10.5 Å². The fourth-order valence-corrected chi connectivity index (χ4v) is 4.06. The van der Waals surface area contributed by atoms with Crippen molar-refractivity contribution < 1.29 is 14.3 Å². The van der Waals surface area contributed by atoms with Crippen LogP contribution < -0.4 is 15.5 Å². The molecule has 1 saturated heterocycles. The van der Waals surface area contributed by atoms with Crippen LogP contribution in [0.5, 0.6) is 0 Å². The quantitative estimate of drug-likeness (QED) is 0.721. The fraction of sp³-hybridized carbons (Fsp3) is 0.294. The first kappa shape index (κ1) is 17.6. The van der Waals surface area contributed by atoms with Crippen LogP contribution in [0.3, 0.4) is 0 Å². The number of cyclic esters (lactones) is 1. The number of nitrogens with one attached hydrogen (secondary N) is 2. The molecule has 6 nitrogen and oxygen atoms in total. The summed E-state index contributed by atoms with van der Waals surface area (Å²) in [6, 6.07) is 11.1. The molecule has 0 spiro atoms. The number of carbonyl (C=O) groups is 2. The Balaban J connectivity index is 1.41. The Morgan fingerprint density at radius 3 is 3.00 bits per heavy atom. The molecule has 1 aromatic heterocycles. The van der Waals surface area contributed by atoms with E-state index in [2.05, 4.69) is 22.1 Å². The van der Waals surface area contributed by atoms with Gasteiger partial charge >= 0.3 is 12.1 Å². The lowest BCUT2D eigenvalue weighted by atomic mass is 10.2. The van der Waals surface area contributed by atoms with E-state index >= 15 is 0 Å². The third-order valence-corrected chi connectivity index (χ3v) is 5.60. The molecule has 0 bridgehead atoms. The van der Waals surface area contributed by atoms with Gasteiger partial charge in [-0.25, -0.2) is 9.59 Å². The summed E-state index contributed by atoms with van der Waals surface area (Å²) in [7, 11) is 0. The van der Waals surface area contributed by atoms with E-state index in [9.17, 15) is 9.59 Å². The zero-order valence-corrected chi connectivity index (χ0v) is 15.2. The molecule has 0 atom stereocenters. The van der Waals surface area contributed by atoms with E-state index in [0.717, 1.165) is 11.5 Å². The third-order valence-electron chi connectivity index (χ3n) is 3.53. The molecular formula is C17H19N3O3S2. The van der Waals surface area contributed by atoms with Crippen LogP contribution in [0.1, 0.15) is 4.88 Å². The van der Waals surface area contributed by atoms with Crippen LogP contribution in [0.2, 0.25) is 0 Å². The lowest BCUT2D eigenvalue weighted by Crippen LogP contribution is -2.30. The Hall–Kier alpha value is -2.19. The lowest BCUT2D eigenvalue weighted by molar-refractivity contribution is 0.181. The number of ether oxygens (including phenoxy) is 1. The van der Waals surface area contributed by atoms with Crippen molar-refractivity contribution in [2.75, 3.05) is 35.7 Å². The maximum absolute atomic E-state index is 12.0. The zero-order valence-electron chi connectivity index (χ0n) is 13.6. The minimum Gasteiger partial charge on any atom is -0.447 e. The smallest absolute Gasteiger partial charge is 0.414 e. The van der Waals surface area contributed by atoms with Gasteiger partial charge in [0, 0.05) is 34.3 Å². The number of amides is 3. The number of carbonyl (C=O) groups excluding carboxylic acids is 2. The first-order chi connectivity index (χ1) is 12.2. The maximum atomic E-state index is 12.0. The largest absolute Gasteiger partial charge is 0.447 e. The molecule has 1 aliphatic rings. The number of hydrogen-bond acceptors (Lipinski definition) is 5. The summed E-state index contributed by atoms with van der Waals surface area (Å²) >= 11 is 3.53. The Kier molecular flexibility index (Phi) is 6.19. The predicted octanol–water partition coefficient (Wildman–Crippen LogP) is 3.76. The van der Waals surface area contributed by atoms with Crippen molar-refractivity contribution >= 4 is 46.6 Å². The Bertz CT molecular complexity index is 722. The van der Waals surface area contributed by atoms with Crippen LogP contribution >= 0.6 is 23.1 Å². The van der Waals surface area contributed by atoms with Crippen molar-refractivity contribution in [3.05, 3.63) is 46.7 Å². The van der Waals surface area contributed by atoms with Crippen molar-refractivity contribution in [1.29, 1.82) is 0 Å². The molecule has 2 aromatic rings. The number of thioether (sulfide) groups is 1. The number of benzene rings is 1. The second-order valence-electron chi connectivity index (χ2n) is 5.33. The minimum absolute atomic E-state index is 0.252. The second kappa shape index (κ2) is 8.77. The normalized spacial score (nSPS) is 13.6. The van der Waals surface area contributed by atoms with Gasteiger partial charge in [0.2, 0.25) is 0 Å². The Morgan fingerprint density at radius 1 is 1.32 bits per heavy atom. The van der Waals surface area contributed by atoms with E-state index in [1.54, 1.807) is 46.2 Å². The highest BCUT2D eigenvalue weighted by Crippen LogP contribution is 2.22. The molecule has 25 heavy (non-hydrogen) atoms. The summed E-state index contributed by atoms with van der Waals surface area (Å²) in [4.78, 5) is 26.5. The molecule has 1 aliphatic heterocycles. The van der Waals surface area contributed by atoms with E-state index in [1.807, 2.05) is 12.1 Å². The standard InChI is InChI=1S/C17H19N3O3S2/c21-16(18-6-10-24-12-15-5-2-9-25-15)19-13-3-1-4-14(11-13)20-7-8-23-17(20)22/h1-5,9,11H,6-8,10,12H2,(H2,18,19,21). The number of hydrogen-bond donors (Lipinski definition) is 2. The molecule has 2 N–H and O–H groups in total. The van der Waals surface area contributed by atoms with Crippen molar-refractivity contribution in [3.8, 4) is 0 Å². The molecule has 8 heteroatoms. The summed E-state index contributed by atoms with van der Waals surface area (Å²) in [6.07, 6.45) is -0.357. The molecule has 3 amide bonds. The van der Waals surface area contributed by atoms with Crippen LogP contribution in [-0.4, -0.2) is 37.6 Å². The Labute approximate surface area is 154 Å². The summed E-state index contributed by atoms with van der Waals surface area (Å²) < 4.78 is 4.93. The number of nitrogens with zero attached hydrogens (tertiary/aromatic N) is 1. The van der Waals surface area contributed by atoms with Crippen molar-refractivity contribution in [3.63, 3.8) is 0 Å². The van der Waals surface area contributed by atoms with Gasteiger partial charge in [-0.05, 0) is 29.6 Å². The van der Waals surface area contributed by atoms with Gasteiger partial charge in [-0.3, -0.25) is 4.90 Å². The predicted molar refractivity (Wildman–Crippen MR) is 103 cm³/mol. The highest BCUT2D eigenvalue weighted by molar-refractivity contribution is 7.98. The zero-order chi connectivity index (χ0) is 17.5. The van der Waals surface area contributed by atoms with Crippen LogP contribution in [0, 0.1) is 0 Å². The monoisotopic (exact) mass is 377 g/mol. The highest BCUT2D eigenvalue weighted by atomic mass is 32.2. The van der Waals surface area contributed by atoms with Crippen LogP contribution in [0.4, 0.5) is 21.0 Å². The molecule has 0 aliphatic carbocycles. The van der Waals surface area contributed by atoms with E-state index in [1.165, 1.54) is 4.88 Å². The fourth-order valence-electron chi connectivity index (χ4n) is 2.36. The molecule has 0 unspecified atom stereocenters. The van der Waals surface area contributed by atoms with Gasteiger partial charge in [0.05, 0.1) is 6.54 Å². The number of anilines is 2. The van der Waals surface area contributed by atoms with Crippen LogP contribution in [0.15, 0.2) is 41.8 Å². The molecule has 1 fully saturated rings. The number of urea groups is 1. The van der Waals surface area contributed by atoms with Crippen molar-refractivity contribution in [2.45, 2.75) is 5.75 Å². The third kappa shape index (κ3) is 5.14. The van der Waals surface area contributed by atoms with E-state index in [4.69, 9.17) is 4.74 Å². The first-order valence-electron chi connectivity index (χ1n) is 7.92. The summed E-state index contributed by atoms with van der Waals surface area (Å²) in [5.41, 5.74) is 1.35. The van der Waals surface area contributed by atoms with E-state index in [0.29, 0.717) is 31.1 Å². The summed E-state index contributed by atoms with van der Waals surface area (Å²) in [5, 5.41) is 7.69. The van der Waals surface area contributed by atoms with Crippen molar-refractivity contribution in [2.24, 2.45) is 0 Å². The molecule has 132 valence electrons. The molecule has 0 saturated carbocycles. The van der Waals surface area contributed by atoms with Gasteiger partial charge in [-0.2, -0.15) is 11.8 Å². The van der Waals surface area contributed by atoms with Gasteiger partial charge in [-0.1, -0.05) is 12.1 Å². The number of rotatable bonds is 7. The summed E-state index contributed by atoms with van der Waals surface area (Å²) in [5.74, 6) is 1.82. The molecule has 2 heterocycles. The molecular weight excluding hydrogens is 358 g/mol. The van der Waals surface area contributed by atoms with Crippen LogP contribution in [0.25, 0.3) is 0 Å². The SMILES string of the molecule is O=C(NCCSCc1cccs1)Nc1cccc(N2CCOC2=O)c1. The number of thiophene rings is 1. The lowest BCUT2D eigenvalue weighted by Gasteiger charge is -2.14. The average Bonchev–Trinajstić information content (AvgIpc) is 3.26. The topological polar surface area (TPSA) is 70.7 Å². The summed E-state index contributed by atoms with van der Waals surface area (Å²) in [6.45, 7) is 1.51. The van der Waals surface area contributed by atoms with E-state index < -0.39 is 0 Å². The van der Waals surface area contributed by atoms with Gasteiger partial charge in [0.1, 0.15) is 6.61 Å². The maximum Gasteiger partial charge on any atom is 0.414 e. The van der Waals surface area contributed by atoms with Gasteiger partial charge in [0.25, 0.3) is 0 Å². The molecule has 0 radical (unpaired) electrons. The molecule has 3 rings (SSSR count). The van der Waals surface area contributed by atoms with E-state index in [-0.39, 0.29) is 12.1 Å². The molecule has 1 aromatic carbocycles. The van der Waals surface area contributed by atoms with Gasteiger partial charge in [-0.15, -0.1) is 11.3 Å². The minimum atomic E-state index is -0.357. The van der Waals surface area contributed by atoms with Crippen molar-refractivity contribution in [1.82, 2.24) is 5.32 Å². The average molecular weight is 377 g/mol. The first-order valence-corrected chi connectivity index (χ1v) is 9.95.